The van der Waals surface area contributed by atoms with Crippen LogP contribution in [0.1, 0.15) is 50.8 Å². The van der Waals surface area contributed by atoms with Crippen LogP contribution < -0.4 is 30.9 Å². The number of thiol groups is 1. The van der Waals surface area contributed by atoms with E-state index in [4.69, 9.17) is 17.4 Å². The van der Waals surface area contributed by atoms with Gasteiger partial charge in [0.25, 0.3) is 5.91 Å². The van der Waals surface area contributed by atoms with Crippen LogP contribution >= 0.6 is 12.6 Å². The molecule has 0 bridgehead atoms. The monoisotopic (exact) mass is 774 g/mol. The van der Waals surface area contributed by atoms with Crippen molar-refractivity contribution < 1.29 is 32.3 Å². The molecule has 3 amide bonds. The van der Waals surface area contributed by atoms with Crippen molar-refractivity contribution in [3.63, 3.8) is 0 Å². The predicted molar refractivity (Wildman–Crippen MR) is 206 cm³/mol. The zero-order valence-electron chi connectivity index (χ0n) is 30.2. The van der Waals surface area contributed by atoms with E-state index in [2.05, 4.69) is 59.1 Å². The van der Waals surface area contributed by atoms with Crippen molar-refractivity contribution in [1.82, 2.24) is 25.4 Å². The molecule has 3 aromatic carbocycles. The molecule has 2 atom stereocenters. The fourth-order valence-electron chi connectivity index (χ4n) is 7.35. The predicted octanol–water partition coefficient (Wildman–Crippen LogP) is 5.83. The molecule has 55 heavy (non-hydrogen) atoms. The molecule has 0 aliphatic carbocycles. The molecule has 7 rings (SSSR count). The van der Waals surface area contributed by atoms with Crippen molar-refractivity contribution in [2.45, 2.75) is 43.5 Å². The lowest BCUT2D eigenvalue weighted by atomic mass is 10.0. The van der Waals surface area contributed by atoms with Gasteiger partial charge in [-0.1, -0.05) is 30.3 Å². The molecule has 4 heterocycles. The molecule has 288 valence electrons. The van der Waals surface area contributed by atoms with E-state index in [0.29, 0.717) is 30.8 Å². The topological polar surface area (TPSA) is 131 Å². The summed E-state index contributed by atoms with van der Waals surface area (Å²) < 4.78 is 47.8. The Balaban J connectivity index is 0.993. The zero-order chi connectivity index (χ0) is 38.9. The van der Waals surface area contributed by atoms with Gasteiger partial charge in [-0.3, -0.25) is 29.5 Å². The molecule has 16 heteroatoms. The Morgan fingerprint density at radius 3 is 2.49 bits per heavy atom. The van der Waals surface area contributed by atoms with Crippen molar-refractivity contribution in [2.24, 2.45) is 0 Å². The average Bonchev–Trinajstić information content (AvgIpc) is 3.49. The second-order valence-electron chi connectivity index (χ2n) is 13.7. The van der Waals surface area contributed by atoms with Crippen molar-refractivity contribution >= 4 is 58.9 Å². The first-order chi connectivity index (χ1) is 26.4. The number of carbonyl (C=O) groups excluding carboxylic acids is 3. The molecule has 3 aliphatic rings. The number of benzene rings is 3. The molecule has 1 aromatic heterocycles. The number of carbonyl (C=O) groups is 3. The fraction of sp³-hybridized carbons (Fsp3) is 0.333. The summed E-state index contributed by atoms with van der Waals surface area (Å²) >= 11 is 4.82. The van der Waals surface area contributed by atoms with E-state index in [1.807, 2.05) is 18.2 Å². The largest absolute Gasteiger partial charge is 0.494 e. The summed E-state index contributed by atoms with van der Waals surface area (Å²) in [5.41, 5.74) is 4.03. The molecular weight excluding hydrogens is 734 g/mol. The Morgan fingerprint density at radius 2 is 1.76 bits per heavy atom. The van der Waals surface area contributed by atoms with E-state index >= 15 is 0 Å². The van der Waals surface area contributed by atoms with Crippen molar-refractivity contribution in [1.29, 1.82) is 0 Å². The number of piperazine rings is 1. The molecule has 2 unspecified atom stereocenters. The quantitative estimate of drug-likeness (QED) is 0.0992. The van der Waals surface area contributed by atoms with Crippen LogP contribution in [0.4, 0.5) is 41.7 Å². The maximum Gasteiger partial charge on any atom is 0.419 e. The standard InChI is InChI=1S/C39H41F3N8O4S/c1-43-36(52)27-5-3-4-6-29(27)45-31-19-34(44-20-28(31)39(40,41)42)46-30-10-8-25(18-33(30)54-2)49-15-13-48(14-16-49)21-23-7-9-26-24(17-23)22-50(38(26)55)32-11-12-35(51)47-37(32)53/h3-10,17-20,32,38,55H,11-16,21-22H2,1-2H3,(H,43,52)(H2,44,45,46)(H,47,51,53). The van der Waals surface area contributed by atoms with Gasteiger partial charge in [0.1, 0.15) is 11.6 Å². The zero-order valence-corrected chi connectivity index (χ0v) is 31.1. The lowest BCUT2D eigenvalue weighted by Gasteiger charge is -2.36. The molecule has 4 aromatic rings. The summed E-state index contributed by atoms with van der Waals surface area (Å²) in [5.74, 6) is -0.291. The molecule has 12 nitrogen and oxygen atoms in total. The van der Waals surface area contributed by atoms with E-state index < -0.39 is 17.6 Å². The fourth-order valence-corrected chi connectivity index (χ4v) is 7.84. The first kappa shape index (κ1) is 38.0. The number of imide groups is 1. The summed E-state index contributed by atoms with van der Waals surface area (Å²) in [4.78, 5) is 47.3. The van der Waals surface area contributed by atoms with Gasteiger partial charge in [0.05, 0.1) is 46.7 Å². The smallest absolute Gasteiger partial charge is 0.419 e. The number of para-hydroxylation sites is 1. The lowest BCUT2D eigenvalue weighted by molar-refractivity contribution is -0.138. The number of halogens is 3. The highest BCUT2D eigenvalue weighted by Crippen LogP contribution is 2.41. The highest BCUT2D eigenvalue weighted by molar-refractivity contribution is 7.80. The second kappa shape index (κ2) is 15.8. The summed E-state index contributed by atoms with van der Waals surface area (Å²) in [5, 5.41) is 10.6. The number of pyridine rings is 1. The number of hydrogen-bond acceptors (Lipinski definition) is 11. The van der Waals surface area contributed by atoms with Crippen LogP contribution in [-0.4, -0.2) is 78.9 Å². The van der Waals surface area contributed by atoms with E-state index in [1.165, 1.54) is 37.9 Å². The minimum atomic E-state index is -4.70. The number of piperidine rings is 1. The van der Waals surface area contributed by atoms with E-state index in [0.717, 1.165) is 55.7 Å². The van der Waals surface area contributed by atoms with Crippen LogP contribution in [-0.2, 0) is 28.9 Å². The molecule has 2 fully saturated rings. The normalized spacial score (nSPS) is 19.1. The average molecular weight is 775 g/mol. The Hall–Kier alpha value is -5.32. The molecule has 0 radical (unpaired) electrons. The number of methoxy groups -OCH3 is 1. The molecule has 4 N–H and O–H groups in total. The number of amides is 3. The molecule has 3 aliphatic heterocycles. The minimum absolute atomic E-state index is 0.146. The summed E-state index contributed by atoms with van der Waals surface area (Å²) in [7, 11) is 2.98. The highest BCUT2D eigenvalue weighted by atomic mass is 32.1. The second-order valence-corrected chi connectivity index (χ2v) is 14.2. The minimum Gasteiger partial charge on any atom is -0.494 e. The van der Waals surface area contributed by atoms with Crippen LogP contribution in [0, 0.1) is 0 Å². The number of nitrogens with one attached hydrogen (secondary N) is 4. The van der Waals surface area contributed by atoms with Gasteiger partial charge in [0.15, 0.2) is 0 Å². The van der Waals surface area contributed by atoms with Crippen LogP contribution in [0.5, 0.6) is 5.75 Å². The van der Waals surface area contributed by atoms with Gasteiger partial charge in [-0.15, -0.1) is 0 Å². The van der Waals surface area contributed by atoms with E-state index in [-0.39, 0.29) is 46.0 Å². The third-order valence-corrected chi connectivity index (χ3v) is 10.8. The first-order valence-corrected chi connectivity index (χ1v) is 18.4. The molecular formula is C39H41F3N8O4S. The third kappa shape index (κ3) is 8.21. The van der Waals surface area contributed by atoms with Crippen molar-refractivity contribution in [3.05, 3.63) is 101 Å². The summed E-state index contributed by atoms with van der Waals surface area (Å²) in [6.07, 6.45) is -3.13. The number of ether oxygens (including phenoxy) is 1. The number of alkyl halides is 3. The maximum absolute atomic E-state index is 14.0. The van der Waals surface area contributed by atoms with E-state index in [1.54, 1.807) is 12.1 Å². The van der Waals surface area contributed by atoms with Gasteiger partial charge in [0.2, 0.25) is 11.8 Å². The maximum atomic E-state index is 14.0. The number of nitrogens with zero attached hydrogens (tertiary/aromatic N) is 4. The number of rotatable bonds is 10. The van der Waals surface area contributed by atoms with Gasteiger partial charge < -0.3 is 25.6 Å². The Kier molecular flexibility index (Phi) is 10.9. The SMILES string of the molecule is CNC(=O)c1ccccc1Nc1cc(Nc2ccc(N3CCN(Cc4ccc5c(c4)CN(C4CCC(=O)NC4=O)C5S)CC3)cc2OC)ncc1C(F)(F)F. The van der Waals surface area contributed by atoms with Gasteiger partial charge in [-0.2, -0.15) is 25.8 Å². The van der Waals surface area contributed by atoms with Crippen LogP contribution in [0.15, 0.2) is 72.9 Å². The Morgan fingerprint density at radius 1 is 0.982 bits per heavy atom. The van der Waals surface area contributed by atoms with Crippen molar-refractivity contribution in [2.75, 3.05) is 55.9 Å². The van der Waals surface area contributed by atoms with Gasteiger partial charge in [-0.05, 0) is 47.4 Å². The van der Waals surface area contributed by atoms with Gasteiger partial charge >= 0.3 is 6.18 Å². The third-order valence-electron chi connectivity index (χ3n) is 10.2. The van der Waals surface area contributed by atoms with Crippen LogP contribution in [0.2, 0.25) is 0 Å². The van der Waals surface area contributed by atoms with Gasteiger partial charge in [0, 0.05) is 76.8 Å². The van der Waals surface area contributed by atoms with Crippen LogP contribution in [0.25, 0.3) is 0 Å². The summed E-state index contributed by atoms with van der Waals surface area (Å²) in [6, 6.07) is 19.2. The highest BCUT2D eigenvalue weighted by Gasteiger charge is 2.39. The first-order valence-electron chi connectivity index (χ1n) is 17.9. The Labute approximate surface area is 321 Å². The lowest BCUT2D eigenvalue weighted by Crippen LogP contribution is -2.51. The molecule has 0 spiro atoms. The number of anilines is 5. The van der Waals surface area contributed by atoms with E-state index in [9.17, 15) is 27.6 Å². The number of aromatic nitrogens is 1. The molecule has 2 saturated heterocycles. The van der Waals surface area contributed by atoms with Crippen molar-refractivity contribution in [3.8, 4) is 5.75 Å². The van der Waals surface area contributed by atoms with Crippen LogP contribution in [0.3, 0.4) is 0 Å². The Bertz CT molecular complexity index is 2110. The summed E-state index contributed by atoms with van der Waals surface area (Å²) in [6.45, 7) is 4.57. The number of hydrogen-bond donors (Lipinski definition) is 5. The van der Waals surface area contributed by atoms with Gasteiger partial charge in [-0.25, -0.2) is 4.98 Å². The molecule has 0 saturated carbocycles. The number of fused-ring (bicyclic) bond motifs is 1.